The lowest BCUT2D eigenvalue weighted by atomic mass is 10.4. The summed E-state index contributed by atoms with van der Waals surface area (Å²) in [5, 5.41) is 3.27. The van der Waals surface area contributed by atoms with Crippen molar-refractivity contribution in [1.82, 2.24) is 5.32 Å². The lowest BCUT2D eigenvalue weighted by Gasteiger charge is -1.94. The number of rotatable bonds is 5. The van der Waals surface area contributed by atoms with Crippen LogP contribution in [-0.2, 0) is 0 Å². The van der Waals surface area contributed by atoms with Crippen LogP contribution in [0, 0.1) is 0 Å². The summed E-state index contributed by atoms with van der Waals surface area (Å²) in [6.07, 6.45) is 5.19. The molecule has 0 saturated heterocycles. The molecule has 2 nitrogen and oxygen atoms in total. The largest absolute Gasteiger partial charge is 0.450 e. The molecule has 0 saturated carbocycles. The van der Waals surface area contributed by atoms with Crippen molar-refractivity contribution >= 4 is 22.0 Å². The van der Waals surface area contributed by atoms with Crippen molar-refractivity contribution in [1.29, 1.82) is 0 Å². The van der Waals surface area contributed by atoms with Crippen molar-refractivity contribution in [3.05, 3.63) is 28.6 Å². The molecule has 1 aromatic heterocycles. The maximum Gasteiger partial charge on any atom is 0.169 e. The monoisotopic (exact) mass is 243 g/mol. The van der Waals surface area contributed by atoms with Gasteiger partial charge in [0.1, 0.15) is 5.76 Å². The average Bonchev–Trinajstić information content (AvgIpc) is 2.51. The Morgan fingerprint density at radius 1 is 1.54 bits per heavy atom. The molecule has 3 heteroatoms. The molecule has 0 unspecified atom stereocenters. The van der Waals surface area contributed by atoms with E-state index in [1.165, 1.54) is 6.42 Å². The molecule has 0 spiro atoms. The van der Waals surface area contributed by atoms with Gasteiger partial charge in [0.15, 0.2) is 4.67 Å². The number of nitrogens with one attached hydrogen (secondary N) is 1. The second-order valence-corrected chi connectivity index (χ2v) is 3.53. The topological polar surface area (TPSA) is 25.2 Å². The molecule has 1 aromatic rings. The number of furan rings is 1. The van der Waals surface area contributed by atoms with Crippen LogP contribution >= 0.6 is 15.9 Å². The zero-order valence-electron chi connectivity index (χ0n) is 7.72. The summed E-state index contributed by atoms with van der Waals surface area (Å²) in [6, 6.07) is 3.82. The molecule has 0 aromatic carbocycles. The third-order valence-corrected chi connectivity index (χ3v) is 1.99. The minimum Gasteiger partial charge on any atom is -0.450 e. The Hall–Kier alpha value is -0.540. The lowest BCUT2D eigenvalue weighted by Crippen LogP contribution is -2.13. The van der Waals surface area contributed by atoms with Crippen LogP contribution in [0.1, 0.15) is 19.1 Å². The minimum atomic E-state index is 0.772. The van der Waals surface area contributed by atoms with Crippen LogP contribution in [0.4, 0.5) is 0 Å². The van der Waals surface area contributed by atoms with E-state index >= 15 is 0 Å². The maximum atomic E-state index is 5.29. The summed E-state index contributed by atoms with van der Waals surface area (Å²) in [6.45, 7) is 4.11. The van der Waals surface area contributed by atoms with E-state index in [1.807, 2.05) is 18.2 Å². The van der Waals surface area contributed by atoms with Crippen molar-refractivity contribution in [2.24, 2.45) is 0 Å². The second-order valence-electron chi connectivity index (χ2n) is 2.75. The first-order valence-electron chi connectivity index (χ1n) is 4.45. The quantitative estimate of drug-likeness (QED) is 0.805. The third-order valence-electron chi connectivity index (χ3n) is 1.57. The molecule has 0 fully saturated rings. The average molecular weight is 244 g/mol. The van der Waals surface area contributed by atoms with Gasteiger partial charge in [-0.3, -0.25) is 0 Å². The molecule has 0 aliphatic carbocycles. The molecule has 13 heavy (non-hydrogen) atoms. The van der Waals surface area contributed by atoms with Gasteiger partial charge in [0.25, 0.3) is 0 Å². The standard InChI is InChI=1S/C10H14BrNO/c1-2-7-12-8-3-4-9-5-6-10(11)13-9/h3-6,12H,2,7-8H2,1H3. The Balaban J connectivity index is 2.24. The second kappa shape index (κ2) is 6.00. The lowest BCUT2D eigenvalue weighted by molar-refractivity contribution is 0.531. The number of hydrogen-bond acceptors (Lipinski definition) is 2. The van der Waals surface area contributed by atoms with Crippen LogP contribution in [-0.4, -0.2) is 13.1 Å². The predicted octanol–water partition coefficient (Wildman–Crippen LogP) is 3.05. The van der Waals surface area contributed by atoms with Crippen LogP contribution in [0.2, 0.25) is 0 Å². The molecule has 0 aliphatic rings. The molecule has 0 atom stereocenters. The summed E-state index contributed by atoms with van der Waals surface area (Å²) in [4.78, 5) is 0. The minimum absolute atomic E-state index is 0.772. The zero-order chi connectivity index (χ0) is 9.52. The van der Waals surface area contributed by atoms with E-state index < -0.39 is 0 Å². The molecule has 0 bridgehead atoms. The first-order chi connectivity index (χ1) is 6.33. The Labute approximate surface area is 87.1 Å². The summed E-state index contributed by atoms with van der Waals surface area (Å²) in [5.74, 6) is 0.880. The summed E-state index contributed by atoms with van der Waals surface area (Å²) in [7, 11) is 0. The molecule has 72 valence electrons. The number of halogens is 1. The molecule has 0 amide bonds. The van der Waals surface area contributed by atoms with E-state index in [1.54, 1.807) is 0 Å². The number of hydrogen-bond donors (Lipinski definition) is 1. The van der Waals surface area contributed by atoms with Crippen LogP contribution in [0.5, 0.6) is 0 Å². The highest BCUT2D eigenvalue weighted by atomic mass is 79.9. The van der Waals surface area contributed by atoms with Gasteiger partial charge >= 0.3 is 0 Å². The first-order valence-corrected chi connectivity index (χ1v) is 5.25. The van der Waals surface area contributed by atoms with Gasteiger partial charge in [-0.05, 0) is 47.1 Å². The third kappa shape index (κ3) is 4.29. The van der Waals surface area contributed by atoms with Gasteiger partial charge in [-0.25, -0.2) is 0 Å². The first kappa shape index (κ1) is 10.5. The van der Waals surface area contributed by atoms with Crippen molar-refractivity contribution in [3.8, 4) is 0 Å². The van der Waals surface area contributed by atoms with Crippen molar-refractivity contribution in [2.75, 3.05) is 13.1 Å². The molecular formula is C10H14BrNO. The zero-order valence-corrected chi connectivity index (χ0v) is 9.30. The normalized spacial score (nSPS) is 11.2. The van der Waals surface area contributed by atoms with E-state index in [-0.39, 0.29) is 0 Å². The molecule has 1 heterocycles. The van der Waals surface area contributed by atoms with Crippen LogP contribution < -0.4 is 5.32 Å². The van der Waals surface area contributed by atoms with Gasteiger partial charge < -0.3 is 9.73 Å². The molecule has 0 radical (unpaired) electrons. The van der Waals surface area contributed by atoms with Gasteiger partial charge in [0.2, 0.25) is 0 Å². The summed E-state index contributed by atoms with van der Waals surface area (Å²) in [5.41, 5.74) is 0. The van der Waals surface area contributed by atoms with Gasteiger partial charge in [-0.15, -0.1) is 0 Å². The fourth-order valence-electron chi connectivity index (χ4n) is 0.955. The highest BCUT2D eigenvalue weighted by molar-refractivity contribution is 9.10. The SMILES string of the molecule is CCCNCC=Cc1ccc(Br)o1. The fraction of sp³-hybridized carbons (Fsp3) is 0.400. The predicted molar refractivity (Wildman–Crippen MR) is 58.6 cm³/mol. The van der Waals surface area contributed by atoms with Gasteiger partial charge in [-0.2, -0.15) is 0 Å². The summed E-state index contributed by atoms with van der Waals surface area (Å²) < 4.78 is 6.06. The van der Waals surface area contributed by atoms with E-state index in [2.05, 4.69) is 34.2 Å². The van der Waals surface area contributed by atoms with Gasteiger partial charge in [0, 0.05) is 6.54 Å². The van der Waals surface area contributed by atoms with Crippen LogP contribution in [0.25, 0.3) is 6.08 Å². The maximum absolute atomic E-state index is 5.29. The van der Waals surface area contributed by atoms with E-state index in [0.29, 0.717) is 0 Å². The van der Waals surface area contributed by atoms with E-state index in [0.717, 1.165) is 23.5 Å². The van der Waals surface area contributed by atoms with Gasteiger partial charge in [-0.1, -0.05) is 13.0 Å². The Kier molecular flexibility index (Phi) is 4.86. The van der Waals surface area contributed by atoms with Crippen molar-refractivity contribution in [2.45, 2.75) is 13.3 Å². The fourth-order valence-corrected chi connectivity index (χ4v) is 1.27. The Morgan fingerprint density at radius 2 is 2.38 bits per heavy atom. The van der Waals surface area contributed by atoms with Crippen molar-refractivity contribution in [3.63, 3.8) is 0 Å². The van der Waals surface area contributed by atoms with Gasteiger partial charge in [0.05, 0.1) is 0 Å². The van der Waals surface area contributed by atoms with Crippen LogP contribution in [0.3, 0.4) is 0 Å². The highest BCUT2D eigenvalue weighted by Gasteiger charge is 1.92. The molecule has 0 aliphatic heterocycles. The molecular weight excluding hydrogens is 230 g/mol. The highest BCUT2D eigenvalue weighted by Crippen LogP contribution is 2.14. The van der Waals surface area contributed by atoms with Crippen molar-refractivity contribution < 1.29 is 4.42 Å². The Bertz CT molecular complexity index is 268. The molecule has 1 N–H and O–H groups in total. The van der Waals surface area contributed by atoms with Crippen LogP contribution in [0.15, 0.2) is 27.3 Å². The van der Waals surface area contributed by atoms with E-state index in [9.17, 15) is 0 Å². The smallest absolute Gasteiger partial charge is 0.169 e. The summed E-state index contributed by atoms with van der Waals surface area (Å²) >= 11 is 3.25. The molecule has 1 rings (SSSR count). The Morgan fingerprint density at radius 3 is 3.00 bits per heavy atom. The van der Waals surface area contributed by atoms with E-state index in [4.69, 9.17) is 4.42 Å².